The van der Waals surface area contributed by atoms with Crippen LogP contribution in [0, 0.1) is 40.6 Å². The molecule has 2 aromatic rings. The molecule has 0 radical (unpaired) electrons. The van der Waals surface area contributed by atoms with E-state index in [0.717, 1.165) is 6.07 Å². The average Bonchev–Trinajstić information content (AvgIpc) is 2.52. The number of nitrogens with zero attached hydrogens (tertiary/aromatic N) is 1. The van der Waals surface area contributed by atoms with E-state index in [4.69, 9.17) is 5.26 Å². The second-order valence-electron chi connectivity index (χ2n) is 4.82. The summed E-state index contributed by atoms with van der Waals surface area (Å²) in [6, 6.07) is 7.89. The molecule has 0 aliphatic carbocycles. The first-order chi connectivity index (χ1) is 11.0. The Morgan fingerprint density at radius 2 is 1.70 bits per heavy atom. The van der Waals surface area contributed by atoms with Crippen LogP contribution in [0.5, 0.6) is 0 Å². The standard InChI is InChI=1S/C19H12F3N/c1-2-3-4-14-10-18(21)16(19(22)11-14)8-6-13-5-7-15(12-23)17(20)9-13/h2,5,7,9-11H,1,3-4H2. The van der Waals surface area contributed by atoms with Crippen LogP contribution in [0.4, 0.5) is 13.2 Å². The SMILES string of the molecule is C=CCCc1cc(F)c(C#Cc2ccc(C#N)c(F)c2)c(F)c1. The zero-order valence-electron chi connectivity index (χ0n) is 12.2. The van der Waals surface area contributed by atoms with Gasteiger partial charge in [-0.3, -0.25) is 0 Å². The summed E-state index contributed by atoms with van der Waals surface area (Å²) in [6.45, 7) is 3.56. The molecule has 1 nitrogen and oxygen atoms in total. The molecular weight excluding hydrogens is 299 g/mol. The molecule has 0 saturated carbocycles. The predicted molar refractivity (Wildman–Crippen MR) is 82.0 cm³/mol. The van der Waals surface area contributed by atoms with Crippen LogP contribution >= 0.6 is 0 Å². The molecule has 2 rings (SSSR count). The molecule has 0 aromatic heterocycles. The maximum absolute atomic E-state index is 14.0. The minimum Gasteiger partial charge on any atom is -0.206 e. The van der Waals surface area contributed by atoms with E-state index < -0.39 is 17.5 Å². The maximum Gasteiger partial charge on any atom is 0.142 e. The van der Waals surface area contributed by atoms with E-state index in [0.29, 0.717) is 18.4 Å². The van der Waals surface area contributed by atoms with Gasteiger partial charge in [-0.25, -0.2) is 13.2 Å². The van der Waals surface area contributed by atoms with Gasteiger partial charge in [0.15, 0.2) is 0 Å². The first kappa shape index (κ1) is 16.4. The fourth-order valence-corrected chi connectivity index (χ4v) is 1.98. The van der Waals surface area contributed by atoms with E-state index in [1.165, 1.54) is 24.3 Å². The first-order valence-corrected chi connectivity index (χ1v) is 6.85. The highest BCUT2D eigenvalue weighted by Gasteiger charge is 2.09. The number of allylic oxidation sites excluding steroid dienone is 1. The zero-order chi connectivity index (χ0) is 16.8. The van der Waals surface area contributed by atoms with Gasteiger partial charge in [0, 0.05) is 5.56 Å². The van der Waals surface area contributed by atoms with Gasteiger partial charge >= 0.3 is 0 Å². The average molecular weight is 311 g/mol. The summed E-state index contributed by atoms with van der Waals surface area (Å²) >= 11 is 0. The molecule has 2 aromatic carbocycles. The minimum atomic E-state index is -0.759. The number of aryl methyl sites for hydroxylation is 1. The summed E-state index contributed by atoms with van der Waals surface area (Å²) < 4.78 is 41.4. The van der Waals surface area contributed by atoms with Crippen molar-refractivity contribution in [3.8, 4) is 17.9 Å². The molecule has 0 aliphatic heterocycles. The number of hydrogen-bond donors (Lipinski definition) is 0. The van der Waals surface area contributed by atoms with Gasteiger partial charge in [-0.05, 0) is 48.7 Å². The van der Waals surface area contributed by atoms with Crippen LogP contribution in [-0.4, -0.2) is 0 Å². The van der Waals surface area contributed by atoms with Crippen molar-refractivity contribution in [3.05, 3.63) is 82.7 Å². The number of nitriles is 1. The van der Waals surface area contributed by atoms with Crippen molar-refractivity contribution >= 4 is 0 Å². The van der Waals surface area contributed by atoms with E-state index in [2.05, 4.69) is 18.4 Å². The van der Waals surface area contributed by atoms with E-state index in [-0.39, 0.29) is 16.7 Å². The van der Waals surface area contributed by atoms with Crippen molar-refractivity contribution in [3.63, 3.8) is 0 Å². The summed E-state index contributed by atoms with van der Waals surface area (Å²) in [5.74, 6) is 2.64. The van der Waals surface area contributed by atoms with Crippen LogP contribution in [0.15, 0.2) is 43.0 Å². The number of benzene rings is 2. The molecule has 0 fully saturated rings. The molecule has 0 spiro atoms. The summed E-state index contributed by atoms with van der Waals surface area (Å²) in [7, 11) is 0. The van der Waals surface area contributed by atoms with Crippen molar-refractivity contribution in [1.29, 1.82) is 5.26 Å². The van der Waals surface area contributed by atoms with Gasteiger partial charge < -0.3 is 0 Å². The Kier molecular flexibility index (Phi) is 5.23. The van der Waals surface area contributed by atoms with Gasteiger partial charge in [0.25, 0.3) is 0 Å². The molecular formula is C19H12F3N. The second kappa shape index (κ2) is 7.33. The van der Waals surface area contributed by atoms with Gasteiger partial charge in [0.2, 0.25) is 0 Å². The lowest BCUT2D eigenvalue weighted by Crippen LogP contribution is -1.95. The van der Waals surface area contributed by atoms with Crippen molar-refractivity contribution < 1.29 is 13.2 Å². The Bertz CT molecular complexity index is 828. The number of rotatable bonds is 3. The third-order valence-electron chi connectivity index (χ3n) is 3.16. The van der Waals surface area contributed by atoms with Crippen LogP contribution in [0.3, 0.4) is 0 Å². The second-order valence-corrected chi connectivity index (χ2v) is 4.82. The highest BCUT2D eigenvalue weighted by atomic mass is 19.1. The molecule has 0 amide bonds. The monoisotopic (exact) mass is 311 g/mol. The summed E-state index contributed by atoms with van der Waals surface area (Å²) in [4.78, 5) is 0. The topological polar surface area (TPSA) is 23.8 Å². The number of hydrogen-bond acceptors (Lipinski definition) is 1. The third kappa shape index (κ3) is 4.02. The number of halogens is 3. The molecule has 0 bridgehead atoms. The van der Waals surface area contributed by atoms with Gasteiger partial charge in [-0.15, -0.1) is 6.58 Å². The quantitative estimate of drug-likeness (QED) is 0.605. The van der Waals surface area contributed by atoms with Crippen molar-refractivity contribution in [2.75, 3.05) is 0 Å². The van der Waals surface area contributed by atoms with Crippen LogP contribution in [0.2, 0.25) is 0 Å². The molecule has 114 valence electrons. The van der Waals surface area contributed by atoms with Crippen LogP contribution in [0.1, 0.15) is 28.7 Å². The lowest BCUT2D eigenvalue weighted by Gasteiger charge is -2.03. The van der Waals surface area contributed by atoms with E-state index in [1.807, 2.05) is 0 Å². The Morgan fingerprint density at radius 1 is 1.00 bits per heavy atom. The van der Waals surface area contributed by atoms with Crippen molar-refractivity contribution in [1.82, 2.24) is 0 Å². The Labute approximate surface area is 132 Å². The van der Waals surface area contributed by atoms with Gasteiger partial charge in [0.1, 0.15) is 23.5 Å². The molecule has 0 heterocycles. The summed E-state index contributed by atoms with van der Waals surface area (Å²) in [5.41, 5.74) is 0.280. The first-order valence-electron chi connectivity index (χ1n) is 6.85. The highest BCUT2D eigenvalue weighted by Crippen LogP contribution is 2.16. The smallest absolute Gasteiger partial charge is 0.142 e. The largest absolute Gasteiger partial charge is 0.206 e. The summed E-state index contributed by atoms with van der Waals surface area (Å²) in [5, 5.41) is 8.65. The Morgan fingerprint density at radius 3 is 2.26 bits per heavy atom. The lowest BCUT2D eigenvalue weighted by atomic mass is 10.1. The molecule has 0 atom stereocenters. The Hall–Kier alpha value is -2.98. The molecule has 23 heavy (non-hydrogen) atoms. The van der Waals surface area contributed by atoms with Crippen molar-refractivity contribution in [2.45, 2.75) is 12.8 Å². The molecule has 0 aliphatic rings. The zero-order valence-corrected chi connectivity index (χ0v) is 12.2. The van der Waals surface area contributed by atoms with Gasteiger partial charge in [0.05, 0.1) is 11.1 Å². The molecule has 0 unspecified atom stereocenters. The normalized spacial score (nSPS) is 9.65. The lowest BCUT2D eigenvalue weighted by molar-refractivity contribution is 0.574. The van der Waals surface area contributed by atoms with Crippen LogP contribution in [-0.2, 0) is 6.42 Å². The molecule has 0 N–H and O–H groups in total. The highest BCUT2D eigenvalue weighted by molar-refractivity contribution is 5.47. The fraction of sp³-hybridized carbons (Fsp3) is 0.105. The van der Waals surface area contributed by atoms with Crippen LogP contribution < -0.4 is 0 Å². The fourth-order valence-electron chi connectivity index (χ4n) is 1.98. The molecule has 0 saturated heterocycles. The van der Waals surface area contributed by atoms with Gasteiger partial charge in [-0.1, -0.05) is 17.9 Å². The maximum atomic E-state index is 14.0. The third-order valence-corrected chi connectivity index (χ3v) is 3.16. The predicted octanol–water partition coefficient (Wildman–Crippen LogP) is 4.49. The summed E-state index contributed by atoms with van der Waals surface area (Å²) in [6.07, 6.45) is 2.78. The Balaban J connectivity index is 2.33. The van der Waals surface area contributed by atoms with Crippen LogP contribution in [0.25, 0.3) is 0 Å². The van der Waals surface area contributed by atoms with E-state index in [1.54, 1.807) is 12.1 Å². The van der Waals surface area contributed by atoms with Crippen molar-refractivity contribution in [2.24, 2.45) is 0 Å². The molecule has 4 heteroatoms. The van der Waals surface area contributed by atoms with E-state index >= 15 is 0 Å². The minimum absolute atomic E-state index is 0.112. The van der Waals surface area contributed by atoms with Gasteiger partial charge in [-0.2, -0.15) is 5.26 Å². The van der Waals surface area contributed by atoms with E-state index in [9.17, 15) is 13.2 Å².